The van der Waals surface area contributed by atoms with E-state index in [0.29, 0.717) is 6.42 Å². The molecule has 158 valence electrons. The first kappa shape index (κ1) is 23.1. The lowest BCUT2D eigenvalue weighted by Gasteiger charge is -2.32. The highest BCUT2D eigenvalue weighted by molar-refractivity contribution is 6.69. The molecule has 29 heavy (non-hydrogen) atoms. The van der Waals surface area contributed by atoms with E-state index >= 15 is 0 Å². The van der Waals surface area contributed by atoms with E-state index in [-0.39, 0.29) is 18.1 Å². The maximum absolute atomic E-state index is 13.3. The van der Waals surface area contributed by atoms with Crippen LogP contribution in [-0.4, -0.2) is 37.4 Å². The molecule has 1 heterocycles. The third-order valence-corrected chi connectivity index (χ3v) is 5.98. The highest BCUT2D eigenvalue weighted by atomic mass is 28.4. The van der Waals surface area contributed by atoms with Gasteiger partial charge in [0.2, 0.25) is 5.91 Å². The number of cyclic esters (lactones) is 1. The number of hydrogen-bond donors (Lipinski definition) is 0. The number of nitrogens with zero attached hydrogens (tertiary/aromatic N) is 1. The summed E-state index contributed by atoms with van der Waals surface area (Å²) in [5.74, 6) is -0.676. The van der Waals surface area contributed by atoms with Crippen molar-refractivity contribution < 1.29 is 18.8 Å². The fraction of sp³-hybridized carbons (Fsp3) is 0.522. The predicted octanol–water partition coefficient (Wildman–Crippen LogP) is 5.46. The van der Waals surface area contributed by atoms with Gasteiger partial charge in [0.1, 0.15) is 6.10 Å². The molecule has 1 aliphatic rings. The molecule has 2 amide bonds. The molecular weight excluding hydrogens is 382 g/mol. The summed E-state index contributed by atoms with van der Waals surface area (Å²) in [6.45, 7) is 12.0. The molecule has 5 nitrogen and oxygen atoms in total. The van der Waals surface area contributed by atoms with Gasteiger partial charge in [-0.15, -0.1) is 5.73 Å². The molecule has 6 heteroatoms. The Morgan fingerprint density at radius 3 is 2.55 bits per heavy atom. The number of imide groups is 1. The predicted molar refractivity (Wildman–Crippen MR) is 117 cm³/mol. The van der Waals surface area contributed by atoms with Crippen LogP contribution in [0.4, 0.5) is 4.79 Å². The molecule has 4 atom stereocenters. The van der Waals surface area contributed by atoms with Crippen LogP contribution in [0.25, 0.3) is 0 Å². The number of rotatable bonds is 8. The van der Waals surface area contributed by atoms with Gasteiger partial charge in [0.25, 0.3) is 0 Å². The summed E-state index contributed by atoms with van der Waals surface area (Å²) >= 11 is 0. The molecule has 0 spiro atoms. The van der Waals surface area contributed by atoms with Gasteiger partial charge < -0.3 is 9.16 Å². The molecular formula is C23H33NO4Si. The fourth-order valence-electron chi connectivity index (χ4n) is 3.54. The van der Waals surface area contributed by atoms with Crippen molar-refractivity contribution in [2.24, 2.45) is 5.92 Å². The molecule has 1 aromatic rings. The van der Waals surface area contributed by atoms with Gasteiger partial charge in [-0.2, -0.15) is 0 Å². The normalized spacial score (nSPS) is 21.2. The van der Waals surface area contributed by atoms with E-state index in [1.165, 1.54) is 4.90 Å². The summed E-state index contributed by atoms with van der Waals surface area (Å²) < 4.78 is 11.9. The molecule has 1 fully saturated rings. The molecule has 0 unspecified atom stereocenters. The first-order valence-electron chi connectivity index (χ1n) is 10.3. The average molecular weight is 416 g/mol. The molecule has 0 aliphatic carbocycles. The van der Waals surface area contributed by atoms with Gasteiger partial charge >= 0.3 is 6.09 Å². The van der Waals surface area contributed by atoms with Crippen molar-refractivity contribution in [3.05, 3.63) is 53.8 Å². The second-order valence-electron chi connectivity index (χ2n) is 8.46. The highest BCUT2D eigenvalue weighted by Crippen LogP contribution is 2.34. The number of ether oxygens (including phenoxy) is 1. The third-order valence-electron chi connectivity index (χ3n) is 4.97. The summed E-state index contributed by atoms with van der Waals surface area (Å²) in [5.41, 5.74) is 3.96. The fourth-order valence-corrected chi connectivity index (χ4v) is 4.77. The number of allylic oxidation sites excluding steroid dienone is 1. The lowest BCUT2D eigenvalue weighted by molar-refractivity contribution is -0.136. The van der Waals surface area contributed by atoms with Gasteiger partial charge in [-0.25, -0.2) is 9.69 Å². The Kier molecular flexibility index (Phi) is 8.02. The number of carbonyl (C=O) groups is 2. The molecule has 0 aromatic heterocycles. The summed E-state index contributed by atoms with van der Waals surface area (Å²) in [5, 5.41) is 0. The van der Waals surface area contributed by atoms with Gasteiger partial charge in [0.15, 0.2) is 8.32 Å². The number of hydrogen-bond acceptors (Lipinski definition) is 4. The van der Waals surface area contributed by atoms with Gasteiger partial charge in [-0.3, -0.25) is 4.79 Å². The Balaban J connectivity index is 2.17. The highest BCUT2D eigenvalue weighted by Gasteiger charge is 2.46. The minimum atomic E-state index is -1.87. The SMILES string of the molecule is CC=C=CCC[C@H](O[Si](C)(C)C)[C@@H](C)C(=O)N1C(=O)O[C@@H](c2ccccc2)[C@H]1C. The van der Waals surface area contributed by atoms with E-state index < -0.39 is 26.4 Å². The molecule has 0 saturated carbocycles. The number of benzene rings is 1. The van der Waals surface area contributed by atoms with Crippen LogP contribution in [-0.2, 0) is 14.0 Å². The summed E-state index contributed by atoms with van der Waals surface area (Å²) in [6, 6.07) is 9.18. The Morgan fingerprint density at radius 1 is 1.31 bits per heavy atom. The van der Waals surface area contributed by atoms with Gasteiger partial charge in [-0.05, 0) is 64.0 Å². The lowest BCUT2D eigenvalue weighted by atomic mass is 9.97. The second-order valence-corrected chi connectivity index (χ2v) is 12.9. The smallest absolute Gasteiger partial charge is 0.417 e. The van der Waals surface area contributed by atoms with Gasteiger partial charge in [0.05, 0.1) is 18.1 Å². The number of amides is 2. The van der Waals surface area contributed by atoms with E-state index in [2.05, 4.69) is 25.4 Å². The van der Waals surface area contributed by atoms with Crippen LogP contribution in [0.5, 0.6) is 0 Å². The van der Waals surface area contributed by atoms with Crippen molar-refractivity contribution in [2.45, 2.75) is 71.5 Å². The monoisotopic (exact) mass is 415 g/mol. The maximum Gasteiger partial charge on any atom is 0.417 e. The van der Waals surface area contributed by atoms with Crippen LogP contribution in [0, 0.1) is 5.92 Å². The van der Waals surface area contributed by atoms with E-state index in [1.807, 2.05) is 63.3 Å². The summed E-state index contributed by atoms with van der Waals surface area (Å²) in [6.07, 6.45) is 4.00. The van der Waals surface area contributed by atoms with Gasteiger partial charge in [0, 0.05) is 0 Å². The first-order valence-corrected chi connectivity index (χ1v) is 13.7. The lowest BCUT2D eigenvalue weighted by Crippen LogP contribution is -2.46. The zero-order chi connectivity index (χ0) is 21.6. The van der Waals surface area contributed by atoms with Crippen molar-refractivity contribution in [3.63, 3.8) is 0 Å². The van der Waals surface area contributed by atoms with Crippen LogP contribution in [0.15, 0.2) is 48.2 Å². The van der Waals surface area contributed by atoms with Crippen molar-refractivity contribution in [1.82, 2.24) is 4.90 Å². The standard InChI is InChI=1S/C23H33NO4Si/c1-7-8-9-13-16-20(28-29(4,5)6)17(2)22(25)24-18(3)21(27-23(24)26)19-14-11-10-12-15-19/h7,9-12,14-15,17-18,20-21H,13,16H2,1-6H3/t8?,17-,18-,20+,21-/m1/s1. The second kappa shape index (κ2) is 10.1. The van der Waals surface area contributed by atoms with Crippen molar-refractivity contribution in [2.75, 3.05) is 0 Å². The van der Waals surface area contributed by atoms with Gasteiger partial charge in [-0.1, -0.05) is 37.3 Å². The first-order chi connectivity index (χ1) is 13.7. The topological polar surface area (TPSA) is 55.8 Å². The van der Waals surface area contributed by atoms with Crippen LogP contribution in [0.1, 0.15) is 45.3 Å². The van der Waals surface area contributed by atoms with Crippen molar-refractivity contribution in [3.8, 4) is 0 Å². The Bertz CT molecular complexity index is 765. The Morgan fingerprint density at radius 2 is 1.97 bits per heavy atom. The quantitative estimate of drug-likeness (QED) is 0.418. The molecule has 1 aliphatic heterocycles. The minimum Gasteiger partial charge on any atom is -0.439 e. The van der Waals surface area contributed by atoms with Crippen LogP contribution < -0.4 is 0 Å². The van der Waals surface area contributed by atoms with Crippen molar-refractivity contribution >= 4 is 20.3 Å². The third kappa shape index (κ3) is 6.17. The largest absolute Gasteiger partial charge is 0.439 e. The maximum atomic E-state index is 13.3. The van der Waals surface area contributed by atoms with E-state index in [9.17, 15) is 9.59 Å². The molecule has 2 rings (SSSR count). The average Bonchev–Trinajstić information content (AvgIpc) is 2.97. The van der Waals surface area contributed by atoms with Crippen molar-refractivity contribution in [1.29, 1.82) is 0 Å². The Labute approximate surface area is 175 Å². The van der Waals surface area contributed by atoms with E-state index in [0.717, 1.165) is 12.0 Å². The van der Waals surface area contributed by atoms with Crippen LogP contribution >= 0.6 is 0 Å². The zero-order valence-electron chi connectivity index (χ0n) is 18.3. The molecule has 1 saturated heterocycles. The van der Waals surface area contributed by atoms with E-state index in [1.54, 1.807) is 0 Å². The van der Waals surface area contributed by atoms with E-state index in [4.69, 9.17) is 9.16 Å². The molecule has 1 aromatic carbocycles. The molecule has 0 bridgehead atoms. The summed E-state index contributed by atoms with van der Waals surface area (Å²) in [7, 11) is -1.87. The summed E-state index contributed by atoms with van der Waals surface area (Å²) in [4.78, 5) is 27.1. The van der Waals surface area contributed by atoms with Crippen LogP contribution in [0.2, 0.25) is 19.6 Å². The molecule has 0 radical (unpaired) electrons. The Hall–Kier alpha value is -2.14. The van der Waals surface area contributed by atoms with Crippen LogP contribution in [0.3, 0.4) is 0 Å². The zero-order valence-corrected chi connectivity index (χ0v) is 19.3. The minimum absolute atomic E-state index is 0.237. The number of carbonyl (C=O) groups excluding carboxylic acids is 2. The molecule has 0 N–H and O–H groups in total.